The molecule has 1 aliphatic rings. The van der Waals surface area contributed by atoms with Crippen molar-refractivity contribution < 1.29 is 19.3 Å². The fourth-order valence-corrected chi connectivity index (χ4v) is 6.23. The van der Waals surface area contributed by atoms with Gasteiger partial charge in [-0.05, 0) is 82.5 Å². The number of carbonyl (C=O) groups excluding carboxylic acids is 2. The number of nitrogens with two attached hydrogens (primary N) is 1. The molecule has 0 bridgehead atoms. The van der Waals surface area contributed by atoms with Crippen LogP contribution in [-0.4, -0.2) is 49.4 Å². The summed E-state index contributed by atoms with van der Waals surface area (Å²) in [6.07, 6.45) is 0. The third kappa shape index (κ3) is 7.37. The van der Waals surface area contributed by atoms with Crippen LogP contribution >= 0.6 is 0 Å². The van der Waals surface area contributed by atoms with Gasteiger partial charge in [-0.2, -0.15) is 0 Å². The van der Waals surface area contributed by atoms with Crippen LogP contribution in [0.15, 0.2) is 91.0 Å². The van der Waals surface area contributed by atoms with E-state index in [4.69, 9.17) is 15.4 Å². The van der Waals surface area contributed by atoms with Crippen LogP contribution in [0.4, 0.5) is 28.4 Å². The number of ketones is 2. The molecule has 0 heterocycles. The van der Waals surface area contributed by atoms with Crippen molar-refractivity contribution in [3.63, 3.8) is 0 Å². The average Bonchev–Trinajstić information content (AvgIpc) is 3.09. The fraction of sp³-hybridized carbons (Fsp3) is 0.316. The largest absolute Gasteiger partial charge is 0.398 e. The number of carbonyl (C=O) groups is 2. The molecule has 0 amide bonds. The van der Waals surface area contributed by atoms with Gasteiger partial charge in [-0.3, -0.25) is 30.9 Å². The highest BCUT2D eigenvalue weighted by atomic mass is 16.7. The summed E-state index contributed by atoms with van der Waals surface area (Å²) in [5.74, 6) is -2.83. The smallest absolute Gasteiger partial charge is 0.198 e. The summed E-state index contributed by atoms with van der Waals surface area (Å²) in [4.78, 5) is 43.1. The van der Waals surface area contributed by atoms with Crippen molar-refractivity contribution in [3.8, 4) is 0 Å². The first kappa shape index (κ1) is 35.7. The van der Waals surface area contributed by atoms with Gasteiger partial charge in [0.25, 0.3) is 0 Å². The Morgan fingerprint density at radius 3 is 1.37 bits per heavy atom. The molecule has 0 saturated heterocycles. The Morgan fingerprint density at radius 2 is 0.959 bits per heavy atom. The number of nitrogen functional groups attached to an aromatic ring is 1. The van der Waals surface area contributed by atoms with Crippen molar-refractivity contribution >= 4 is 40.0 Å². The second kappa shape index (κ2) is 15.3. The molecule has 5 rings (SSSR count). The van der Waals surface area contributed by atoms with E-state index in [1.807, 2.05) is 102 Å². The number of para-hydroxylation sites is 2. The monoisotopic (exact) mass is 665 g/mol. The molecule has 0 saturated carbocycles. The minimum absolute atomic E-state index is 0.144. The normalized spacial score (nSPS) is 12.9. The van der Waals surface area contributed by atoms with Gasteiger partial charge in [-0.1, -0.05) is 76.2 Å². The van der Waals surface area contributed by atoms with Crippen molar-refractivity contribution in [2.24, 2.45) is 0 Å². The molecule has 49 heavy (non-hydrogen) atoms. The first-order valence-electron chi connectivity index (χ1n) is 16.8. The summed E-state index contributed by atoms with van der Waals surface area (Å²) in [6.45, 7) is 14.1. The van der Waals surface area contributed by atoms with Crippen molar-refractivity contribution in [1.82, 2.24) is 21.3 Å². The summed E-state index contributed by atoms with van der Waals surface area (Å²) in [6, 6.07) is 27.4. The molecular weight excluding hydrogens is 618 g/mol. The van der Waals surface area contributed by atoms with Gasteiger partial charge in [0.1, 0.15) is 0 Å². The molecule has 4 aromatic rings. The van der Waals surface area contributed by atoms with Gasteiger partial charge in [-0.25, -0.2) is 19.8 Å². The molecule has 1 aliphatic carbocycles. The average molecular weight is 666 g/mol. The quantitative estimate of drug-likeness (QED) is 0.0485. The molecule has 0 fully saturated rings. The molecule has 0 aliphatic heterocycles. The number of benzene rings is 4. The van der Waals surface area contributed by atoms with E-state index < -0.39 is 17.5 Å². The van der Waals surface area contributed by atoms with Crippen LogP contribution in [-0.2, 0) is 9.68 Å². The van der Waals surface area contributed by atoms with Crippen molar-refractivity contribution in [2.75, 3.05) is 42.0 Å². The predicted octanol–water partition coefficient (Wildman–Crippen LogP) is 5.97. The van der Waals surface area contributed by atoms with Gasteiger partial charge in [0.05, 0.1) is 39.4 Å². The Hall–Kier alpha value is -4.62. The summed E-state index contributed by atoms with van der Waals surface area (Å²) in [5.41, 5.74) is 9.38. The molecule has 11 heteroatoms. The van der Waals surface area contributed by atoms with Crippen LogP contribution in [0.1, 0.15) is 73.4 Å². The third-order valence-corrected chi connectivity index (χ3v) is 8.21. The second-order valence-electron chi connectivity index (χ2n) is 11.9. The van der Waals surface area contributed by atoms with E-state index >= 15 is 0 Å². The lowest BCUT2D eigenvalue weighted by Crippen LogP contribution is -2.59. The third-order valence-electron chi connectivity index (χ3n) is 8.21. The summed E-state index contributed by atoms with van der Waals surface area (Å²) in [7, 11) is 0. The maximum Gasteiger partial charge on any atom is 0.198 e. The second-order valence-corrected chi connectivity index (χ2v) is 11.9. The van der Waals surface area contributed by atoms with E-state index in [1.54, 1.807) is 40.5 Å². The number of hydrogen-bond donors (Lipinski definition) is 5. The highest BCUT2D eigenvalue weighted by Crippen LogP contribution is 2.45. The van der Waals surface area contributed by atoms with Gasteiger partial charge >= 0.3 is 0 Å². The molecule has 0 aromatic heterocycles. The van der Waals surface area contributed by atoms with Crippen molar-refractivity contribution in [3.05, 3.63) is 113 Å². The maximum absolute atomic E-state index is 14.8. The molecule has 0 radical (unpaired) electrons. The Morgan fingerprint density at radius 1 is 0.551 bits per heavy atom. The number of nitrogens with zero attached hydrogens (tertiary/aromatic N) is 2. The molecule has 6 N–H and O–H groups in total. The van der Waals surface area contributed by atoms with Gasteiger partial charge < -0.3 is 5.73 Å². The Bertz CT molecular complexity index is 1760. The zero-order chi connectivity index (χ0) is 35.2. The number of hydrogen-bond acceptors (Lipinski definition) is 11. The lowest BCUT2D eigenvalue weighted by atomic mass is 9.81. The lowest BCUT2D eigenvalue weighted by Gasteiger charge is -2.40. The van der Waals surface area contributed by atoms with Crippen LogP contribution in [0.25, 0.3) is 0 Å². The molecule has 0 atom stereocenters. The molecule has 11 nitrogen and oxygen atoms in total. The highest BCUT2D eigenvalue weighted by Gasteiger charge is 2.41. The first-order chi connectivity index (χ1) is 23.6. The van der Waals surface area contributed by atoms with Crippen molar-refractivity contribution in [2.45, 2.75) is 53.2 Å². The van der Waals surface area contributed by atoms with Crippen LogP contribution in [0, 0.1) is 0 Å². The Kier molecular flexibility index (Phi) is 11.1. The fourth-order valence-electron chi connectivity index (χ4n) is 6.23. The lowest BCUT2D eigenvalue weighted by molar-refractivity contribution is -0.0818. The van der Waals surface area contributed by atoms with Crippen LogP contribution in [0.5, 0.6) is 0 Å². The SMILES string of the molecule is CCNC(C)(NCC)ON(c1ccccc1)c1ccc(N(OC(C)(NCC)NCC)c2ccccc2)c2c1C(=O)c1cccc(N)c1C2=O. The predicted molar refractivity (Wildman–Crippen MR) is 195 cm³/mol. The first-order valence-corrected chi connectivity index (χ1v) is 16.8. The van der Waals surface area contributed by atoms with E-state index in [0.29, 0.717) is 48.9 Å². The van der Waals surface area contributed by atoms with E-state index in [0.717, 1.165) is 0 Å². The summed E-state index contributed by atoms with van der Waals surface area (Å²) in [5, 5.41) is 16.7. The Labute approximate surface area is 288 Å². The number of rotatable bonds is 16. The van der Waals surface area contributed by atoms with Gasteiger partial charge in [0.2, 0.25) is 0 Å². The number of anilines is 5. The molecular formula is C38H47N7O4. The highest BCUT2D eigenvalue weighted by molar-refractivity contribution is 6.33. The minimum Gasteiger partial charge on any atom is -0.398 e. The van der Waals surface area contributed by atoms with Gasteiger partial charge in [0.15, 0.2) is 23.3 Å². The summed E-state index contributed by atoms with van der Waals surface area (Å²) < 4.78 is 0. The van der Waals surface area contributed by atoms with Crippen molar-refractivity contribution in [1.29, 1.82) is 0 Å². The van der Waals surface area contributed by atoms with E-state index in [1.165, 1.54) is 0 Å². The summed E-state index contributed by atoms with van der Waals surface area (Å²) >= 11 is 0. The maximum atomic E-state index is 14.8. The zero-order valence-corrected chi connectivity index (χ0v) is 29.1. The van der Waals surface area contributed by atoms with E-state index in [9.17, 15) is 9.59 Å². The number of nitrogens with one attached hydrogen (secondary N) is 4. The van der Waals surface area contributed by atoms with E-state index in [2.05, 4.69) is 21.3 Å². The van der Waals surface area contributed by atoms with Crippen LogP contribution in [0.3, 0.4) is 0 Å². The number of fused-ring (bicyclic) bond motifs is 2. The molecule has 4 aromatic carbocycles. The standard InChI is InChI=1S/C38H47N7O4/c1-7-40-37(5,41-8-2)48-44(26-18-13-11-14-19-26)30-24-25-31(34-33(30)35(46)28-22-17-23-29(39)32(28)36(34)47)45(27-20-15-12-16-21-27)49-38(6,42-9-3)43-10-4/h11-25,40-43H,7-10,39H2,1-6H3. The molecule has 0 unspecified atom stereocenters. The topological polar surface area (TPSA) is 133 Å². The van der Waals surface area contributed by atoms with E-state index in [-0.39, 0.29) is 33.7 Å². The van der Waals surface area contributed by atoms with Gasteiger partial charge in [0, 0.05) is 11.3 Å². The van der Waals surface area contributed by atoms with Crippen LogP contribution in [0.2, 0.25) is 0 Å². The molecule has 258 valence electrons. The van der Waals surface area contributed by atoms with Gasteiger partial charge in [-0.15, -0.1) is 0 Å². The zero-order valence-electron chi connectivity index (χ0n) is 29.1. The Balaban J connectivity index is 1.82. The van der Waals surface area contributed by atoms with Crippen LogP contribution < -0.4 is 37.1 Å². The molecule has 0 spiro atoms. The minimum atomic E-state index is -1.04.